The van der Waals surface area contributed by atoms with Crippen molar-refractivity contribution in [2.75, 3.05) is 19.7 Å². The van der Waals surface area contributed by atoms with Gasteiger partial charge in [-0.15, -0.1) is 0 Å². The monoisotopic (exact) mass is 318 g/mol. The van der Waals surface area contributed by atoms with Crippen molar-refractivity contribution in [2.24, 2.45) is 17.1 Å². The quantitative estimate of drug-likeness (QED) is 0.812. The van der Waals surface area contributed by atoms with Crippen LogP contribution in [0.4, 0.5) is 0 Å². The molecule has 1 aromatic rings. The molecule has 4 heteroatoms. The van der Waals surface area contributed by atoms with Crippen LogP contribution in [-0.4, -0.2) is 25.6 Å². The normalized spacial score (nSPS) is 21.9. The first kappa shape index (κ1) is 18.0. The molecular formula is C19H30N2O2. The number of benzene rings is 1. The van der Waals surface area contributed by atoms with Crippen molar-refractivity contribution in [1.29, 1.82) is 0 Å². The highest BCUT2D eigenvalue weighted by Gasteiger charge is 2.34. The first-order chi connectivity index (χ1) is 11.2. The second kappa shape index (κ2) is 8.46. The molecule has 0 saturated carbocycles. The van der Waals surface area contributed by atoms with Crippen molar-refractivity contribution in [1.82, 2.24) is 5.32 Å². The minimum atomic E-state index is -0.433. The molecule has 4 nitrogen and oxygen atoms in total. The Hall–Kier alpha value is -1.39. The zero-order valence-corrected chi connectivity index (χ0v) is 14.4. The van der Waals surface area contributed by atoms with Crippen molar-refractivity contribution in [3.63, 3.8) is 0 Å². The smallest absolute Gasteiger partial charge is 0.227 e. The van der Waals surface area contributed by atoms with Crippen molar-refractivity contribution < 1.29 is 9.53 Å². The third-order valence-electron chi connectivity index (χ3n) is 5.32. The van der Waals surface area contributed by atoms with Crippen molar-refractivity contribution >= 4 is 5.91 Å². The molecule has 1 aliphatic heterocycles. The van der Waals surface area contributed by atoms with Crippen LogP contribution in [0.5, 0.6) is 0 Å². The van der Waals surface area contributed by atoms with Crippen molar-refractivity contribution in [2.45, 2.75) is 45.6 Å². The van der Waals surface area contributed by atoms with E-state index in [9.17, 15) is 4.79 Å². The Morgan fingerprint density at radius 1 is 1.30 bits per heavy atom. The summed E-state index contributed by atoms with van der Waals surface area (Å²) in [5.41, 5.74) is 6.64. The van der Waals surface area contributed by atoms with E-state index in [2.05, 4.69) is 17.4 Å². The Kier molecular flexibility index (Phi) is 6.60. The molecule has 1 saturated heterocycles. The molecule has 0 aliphatic carbocycles. The average Bonchev–Trinajstić information content (AvgIpc) is 2.63. The van der Waals surface area contributed by atoms with Gasteiger partial charge in [0.05, 0.1) is 11.5 Å². The molecule has 128 valence electrons. The third-order valence-corrected chi connectivity index (χ3v) is 5.32. The summed E-state index contributed by atoms with van der Waals surface area (Å²) in [4.78, 5) is 12.6. The second-order valence-electron chi connectivity index (χ2n) is 6.51. The van der Waals surface area contributed by atoms with Gasteiger partial charge in [0, 0.05) is 25.6 Å². The molecule has 1 fully saturated rings. The lowest BCUT2D eigenvalue weighted by Crippen LogP contribution is -2.47. The fourth-order valence-electron chi connectivity index (χ4n) is 3.43. The SMILES string of the molecule is CCC(CC)(CN)C(=O)NCC1CCCOC1c1ccccc1. The Morgan fingerprint density at radius 2 is 2.00 bits per heavy atom. The lowest BCUT2D eigenvalue weighted by atomic mass is 9.81. The minimum absolute atomic E-state index is 0.0702. The first-order valence-corrected chi connectivity index (χ1v) is 8.81. The number of nitrogens with one attached hydrogen (secondary N) is 1. The molecule has 2 rings (SSSR count). The number of carbonyl (C=O) groups is 1. The van der Waals surface area contributed by atoms with Crippen LogP contribution < -0.4 is 11.1 Å². The zero-order valence-electron chi connectivity index (χ0n) is 14.4. The van der Waals surface area contributed by atoms with Crippen LogP contribution in [0.25, 0.3) is 0 Å². The molecule has 1 heterocycles. The predicted octanol–water partition coefficient (Wildman–Crippen LogP) is 3.04. The van der Waals surface area contributed by atoms with Crippen molar-refractivity contribution in [3.8, 4) is 0 Å². The van der Waals surface area contributed by atoms with Crippen LogP contribution in [0.1, 0.15) is 51.2 Å². The molecule has 0 spiro atoms. The summed E-state index contributed by atoms with van der Waals surface area (Å²) in [6.07, 6.45) is 3.74. The van der Waals surface area contributed by atoms with E-state index in [0.717, 1.165) is 32.3 Å². The highest BCUT2D eigenvalue weighted by atomic mass is 16.5. The number of carbonyl (C=O) groups excluding carboxylic acids is 1. The number of amides is 1. The van der Waals surface area contributed by atoms with E-state index in [1.807, 2.05) is 32.0 Å². The highest BCUT2D eigenvalue weighted by Crippen LogP contribution is 2.33. The summed E-state index contributed by atoms with van der Waals surface area (Å²) in [5, 5.41) is 3.15. The first-order valence-electron chi connectivity index (χ1n) is 8.81. The van der Waals surface area contributed by atoms with E-state index in [-0.39, 0.29) is 12.0 Å². The predicted molar refractivity (Wildman–Crippen MR) is 92.9 cm³/mol. The molecule has 1 amide bonds. The Balaban J connectivity index is 2.01. The summed E-state index contributed by atoms with van der Waals surface area (Å²) in [7, 11) is 0. The molecule has 0 bridgehead atoms. The van der Waals surface area contributed by atoms with E-state index < -0.39 is 5.41 Å². The lowest BCUT2D eigenvalue weighted by Gasteiger charge is -2.34. The largest absolute Gasteiger partial charge is 0.373 e. The maximum Gasteiger partial charge on any atom is 0.227 e. The molecule has 2 unspecified atom stereocenters. The Morgan fingerprint density at radius 3 is 2.61 bits per heavy atom. The zero-order chi connectivity index (χ0) is 16.7. The summed E-state index contributed by atoms with van der Waals surface area (Å²) in [6, 6.07) is 10.3. The van der Waals surface area contributed by atoms with Gasteiger partial charge >= 0.3 is 0 Å². The number of hydrogen-bond acceptors (Lipinski definition) is 3. The molecule has 2 atom stereocenters. The molecule has 0 radical (unpaired) electrons. The average molecular weight is 318 g/mol. The topological polar surface area (TPSA) is 64.4 Å². The van der Waals surface area contributed by atoms with Gasteiger partial charge in [-0.3, -0.25) is 4.79 Å². The van der Waals surface area contributed by atoms with Crippen LogP contribution in [0.15, 0.2) is 30.3 Å². The van der Waals surface area contributed by atoms with Gasteiger partial charge in [0.1, 0.15) is 0 Å². The Labute approximate surface area is 139 Å². The van der Waals surface area contributed by atoms with Gasteiger partial charge in [0.15, 0.2) is 0 Å². The van der Waals surface area contributed by atoms with Crippen LogP contribution in [-0.2, 0) is 9.53 Å². The highest BCUT2D eigenvalue weighted by molar-refractivity contribution is 5.82. The van der Waals surface area contributed by atoms with Crippen LogP contribution in [0.3, 0.4) is 0 Å². The van der Waals surface area contributed by atoms with Crippen LogP contribution >= 0.6 is 0 Å². The standard InChI is InChI=1S/C19H30N2O2/c1-3-19(4-2,14-20)18(22)21-13-16-11-8-12-23-17(16)15-9-6-5-7-10-15/h5-7,9-10,16-17H,3-4,8,11-14,20H2,1-2H3,(H,21,22). The number of rotatable bonds is 7. The van der Waals surface area contributed by atoms with Crippen LogP contribution in [0.2, 0.25) is 0 Å². The number of hydrogen-bond donors (Lipinski definition) is 2. The maximum absolute atomic E-state index is 12.6. The minimum Gasteiger partial charge on any atom is -0.373 e. The van der Waals surface area contributed by atoms with Crippen LogP contribution in [0, 0.1) is 11.3 Å². The van der Waals surface area contributed by atoms with E-state index in [4.69, 9.17) is 10.5 Å². The van der Waals surface area contributed by atoms with E-state index in [1.165, 1.54) is 5.56 Å². The summed E-state index contributed by atoms with van der Waals surface area (Å²) >= 11 is 0. The summed E-state index contributed by atoms with van der Waals surface area (Å²) in [5.74, 6) is 0.404. The maximum atomic E-state index is 12.6. The van der Waals surface area contributed by atoms with Crippen molar-refractivity contribution in [3.05, 3.63) is 35.9 Å². The number of nitrogens with two attached hydrogens (primary N) is 1. The van der Waals surface area contributed by atoms with Gasteiger partial charge in [-0.25, -0.2) is 0 Å². The molecule has 1 aromatic carbocycles. The lowest BCUT2D eigenvalue weighted by molar-refractivity contribution is -0.131. The van der Waals surface area contributed by atoms with Gasteiger partial charge in [0.25, 0.3) is 0 Å². The Bertz CT molecular complexity index is 477. The molecule has 1 aliphatic rings. The fraction of sp³-hybridized carbons (Fsp3) is 0.632. The van der Waals surface area contributed by atoms with Gasteiger partial charge in [-0.1, -0.05) is 44.2 Å². The molecule has 3 N–H and O–H groups in total. The number of ether oxygens (including phenoxy) is 1. The third kappa shape index (κ3) is 4.12. The van der Waals surface area contributed by atoms with E-state index >= 15 is 0 Å². The van der Waals surface area contributed by atoms with Gasteiger partial charge < -0.3 is 15.8 Å². The molecular weight excluding hydrogens is 288 g/mol. The van der Waals surface area contributed by atoms with E-state index in [0.29, 0.717) is 19.0 Å². The van der Waals surface area contributed by atoms with Gasteiger partial charge in [0.2, 0.25) is 5.91 Å². The summed E-state index contributed by atoms with van der Waals surface area (Å²) in [6.45, 7) is 5.91. The fourth-order valence-corrected chi connectivity index (χ4v) is 3.43. The summed E-state index contributed by atoms with van der Waals surface area (Å²) < 4.78 is 6.00. The van der Waals surface area contributed by atoms with E-state index in [1.54, 1.807) is 0 Å². The molecule has 23 heavy (non-hydrogen) atoms. The molecule has 0 aromatic heterocycles. The van der Waals surface area contributed by atoms with Gasteiger partial charge in [-0.05, 0) is 31.2 Å². The second-order valence-corrected chi connectivity index (χ2v) is 6.51. The van der Waals surface area contributed by atoms with Gasteiger partial charge in [-0.2, -0.15) is 0 Å².